The van der Waals surface area contributed by atoms with Gasteiger partial charge in [0.25, 0.3) is 0 Å². The van der Waals surface area contributed by atoms with Crippen LogP contribution in [0.5, 0.6) is 5.88 Å². The number of ether oxygens (including phenoxy) is 2. The number of hydrogen-bond donors (Lipinski definition) is 0. The predicted molar refractivity (Wildman–Crippen MR) is 113 cm³/mol. The highest BCUT2D eigenvalue weighted by atomic mass is 19.1. The summed E-state index contributed by atoms with van der Waals surface area (Å²) < 4.78 is 26.0. The molecule has 0 radical (unpaired) electrons. The summed E-state index contributed by atoms with van der Waals surface area (Å²) in [5.74, 6) is 1.98. The summed E-state index contributed by atoms with van der Waals surface area (Å²) in [5, 5.41) is 9.72. The van der Waals surface area contributed by atoms with E-state index in [1.807, 2.05) is 16.7 Å². The fourth-order valence-electron chi connectivity index (χ4n) is 3.96. The fourth-order valence-corrected chi connectivity index (χ4v) is 3.96. The molecule has 0 aliphatic carbocycles. The van der Waals surface area contributed by atoms with Crippen molar-refractivity contribution < 1.29 is 13.9 Å². The van der Waals surface area contributed by atoms with Crippen molar-refractivity contribution in [1.29, 1.82) is 0 Å². The number of halogens is 1. The van der Waals surface area contributed by atoms with Gasteiger partial charge in [-0.05, 0) is 29.8 Å². The first-order chi connectivity index (χ1) is 15.2. The van der Waals surface area contributed by atoms with E-state index in [-0.39, 0.29) is 5.82 Å². The van der Waals surface area contributed by atoms with Crippen LogP contribution in [0.4, 0.5) is 10.3 Å². The van der Waals surface area contributed by atoms with E-state index in [0.29, 0.717) is 29.7 Å². The molecule has 3 aromatic heterocycles. The topological polar surface area (TPSA) is 78.2 Å². The maximum absolute atomic E-state index is 13.6. The Balaban J connectivity index is 1.44. The molecule has 5 rings (SSSR count). The van der Waals surface area contributed by atoms with Crippen LogP contribution in [-0.2, 0) is 11.3 Å². The molecule has 31 heavy (non-hydrogen) atoms. The molecule has 9 heteroatoms. The van der Waals surface area contributed by atoms with Gasteiger partial charge >= 0.3 is 0 Å². The minimum atomic E-state index is -0.278. The lowest BCUT2D eigenvalue weighted by molar-refractivity contribution is 0.176. The van der Waals surface area contributed by atoms with Gasteiger partial charge in [0.2, 0.25) is 11.8 Å². The molecule has 1 saturated heterocycles. The number of benzene rings is 1. The number of rotatable bonds is 6. The molecule has 1 aliphatic heterocycles. The first-order valence-electron chi connectivity index (χ1n) is 9.90. The van der Waals surface area contributed by atoms with E-state index in [9.17, 15) is 4.39 Å². The number of aromatic nitrogens is 5. The normalized spacial score (nSPS) is 14.1. The molecule has 0 atom stereocenters. The van der Waals surface area contributed by atoms with Crippen LogP contribution in [0.3, 0.4) is 0 Å². The van der Waals surface area contributed by atoms with Gasteiger partial charge in [0.1, 0.15) is 12.4 Å². The molecule has 158 valence electrons. The van der Waals surface area contributed by atoms with E-state index >= 15 is 0 Å². The molecular weight excluding hydrogens is 399 g/mol. The minimum Gasteiger partial charge on any atom is -0.481 e. The second-order valence-electron chi connectivity index (χ2n) is 7.41. The van der Waals surface area contributed by atoms with Gasteiger partial charge in [0.05, 0.1) is 24.5 Å². The Morgan fingerprint density at radius 2 is 1.94 bits per heavy atom. The maximum atomic E-state index is 13.6. The Morgan fingerprint density at radius 3 is 2.68 bits per heavy atom. The van der Waals surface area contributed by atoms with E-state index in [0.717, 1.165) is 35.7 Å². The second-order valence-corrected chi connectivity index (χ2v) is 7.41. The summed E-state index contributed by atoms with van der Waals surface area (Å²) in [7, 11) is 3.21. The standard InChI is InChI=1S/C22H21FN6O2/c1-30-13-20-26-27-22(29(20)16-4-6-21(31-2)25-10-16)28-11-14(12-28)17-7-8-24-19-9-15(23)3-5-18(17)19/h3-10,14H,11-13H2,1-2H3. The third kappa shape index (κ3) is 3.46. The van der Waals surface area contributed by atoms with Crippen molar-refractivity contribution in [2.45, 2.75) is 12.5 Å². The molecule has 1 aliphatic rings. The van der Waals surface area contributed by atoms with Crippen molar-refractivity contribution in [1.82, 2.24) is 24.7 Å². The monoisotopic (exact) mass is 420 g/mol. The number of fused-ring (bicyclic) bond motifs is 1. The number of anilines is 1. The number of nitrogens with zero attached hydrogens (tertiary/aromatic N) is 6. The molecule has 0 spiro atoms. The minimum absolute atomic E-state index is 0.278. The van der Waals surface area contributed by atoms with Gasteiger partial charge in [0.15, 0.2) is 5.82 Å². The highest BCUT2D eigenvalue weighted by molar-refractivity contribution is 5.83. The first kappa shape index (κ1) is 19.4. The highest BCUT2D eigenvalue weighted by Gasteiger charge is 2.33. The van der Waals surface area contributed by atoms with Crippen molar-refractivity contribution in [2.24, 2.45) is 0 Å². The van der Waals surface area contributed by atoms with Crippen molar-refractivity contribution in [2.75, 3.05) is 32.2 Å². The van der Waals surface area contributed by atoms with E-state index < -0.39 is 0 Å². The SMILES string of the molecule is COCc1nnc(N2CC(c3ccnc4cc(F)ccc34)C2)n1-c1ccc(OC)nc1. The van der Waals surface area contributed by atoms with Crippen LogP contribution in [0.1, 0.15) is 17.3 Å². The van der Waals surface area contributed by atoms with E-state index in [4.69, 9.17) is 9.47 Å². The van der Waals surface area contributed by atoms with Gasteiger partial charge in [-0.25, -0.2) is 9.37 Å². The highest BCUT2D eigenvalue weighted by Crippen LogP contribution is 2.35. The molecule has 8 nitrogen and oxygen atoms in total. The molecule has 4 heterocycles. The van der Waals surface area contributed by atoms with Gasteiger partial charge in [0, 0.05) is 49.8 Å². The molecule has 1 fully saturated rings. The molecule has 1 aromatic carbocycles. The maximum Gasteiger partial charge on any atom is 0.232 e. The van der Waals surface area contributed by atoms with Gasteiger partial charge in [-0.15, -0.1) is 10.2 Å². The van der Waals surface area contributed by atoms with Crippen LogP contribution >= 0.6 is 0 Å². The first-order valence-corrected chi connectivity index (χ1v) is 9.90. The van der Waals surface area contributed by atoms with Crippen LogP contribution in [0.15, 0.2) is 48.8 Å². The molecule has 0 N–H and O–H groups in total. The summed E-state index contributed by atoms with van der Waals surface area (Å²) in [6.07, 6.45) is 3.47. The molecule has 0 saturated carbocycles. The zero-order valence-electron chi connectivity index (χ0n) is 17.2. The third-order valence-corrected chi connectivity index (χ3v) is 5.52. The largest absolute Gasteiger partial charge is 0.481 e. The second kappa shape index (κ2) is 7.92. The zero-order chi connectivity index (χ0) is 21.4. The van der Waals surface area contributed by atoms with E-state index in [2.05, 4.69) is 25.1 Å². The lowest BCUT2D eigenvalue weighted by Gasteiger charge is -2.40. The summed E-state index contributed by atoms with van der Waals surface area (Å²) in [6.45, 7) is 1.87. The summed E-state index contributed by atoms with van der Waals surface area (Å²) in [5.41, 5.74) is 2.67. The molecule has 0 unspecified atom stereocenters. The summed E-state index contributed by atoms with van der Waals surface area (Å²) in [4.78, 5) is 10.8. The van der Waals surface area contributed by atoms with E-state index in [1.54, 1.807) is 38.7 Å². The molecule has 4 aromatic rings. The van der Waals surface area contributed by atoms with Gasteiger partial charge in [-0.3, -0.25) is 9.55 Å². The van der Waals surface area contributed by atoms with Crippen LogP contribution in [0.25, 0.3) is 16.6 Å². The Hall–Kier alpha value is -3.59. The fraction of sp³-hybridized carbons (Fsp3) is 0.273. The Labute approximate surface area is 178 Å². The Kier molecular flexibility index (Phi) is 4.95. The Bertz CT molecular complexity index is 1220. The smallest absolute Gasteiger partial charge is 0.232 e. The predicted octanol–water partition coefficient (Wildman–Crippen LogP) is 3.11. The quantitative estimate of drug-likeness (QED) is 0.474. The number of hydrogen-bond acceptors (Lipinski definition) is 7. The van der Waals surface area contributed by atoms with Gasteiger partial charge in [-0.1, -0.05) is 0 Å². The van der Waals surface area contributed by atoms with E-state index in [1.165, 1.54) is 12.1 Å². The summed E-state index contributed by atoms with van der Waals surface area (Å²) in [6, 6.07) is 10.5. The lowest BCUT2D eigenvalue weighted by Crippen LogP contribution is -2.46. The van der Waals surface area contributed by atoms with Crippen molar-refractivity contribution in [3.8, 4) is 11.6 Å². The van der Waals surface area contributed by atoms with Gasteiger partial charge < -0.3 is 14.4 Å². The van der Waals surface area contributed by atoms with Crippen molar-refractivity contribution >= 4 is 16.9 Å². The average Bonchev–Trinajstić information content (AvgIpc) is 3.16. The molecular formula is C22H21FN6O2. The number of pyridine rings is 2. The van der Waals surface area contributed by atoms with Gasteiger partial charge in [-0.2, -0.15) is 0 Å². The third-order valence-electron chi connectivity index (χ3n) is 5.52. The lowest BCUT2D eigenvalue weighted by atomic mass is 9.89. The average molecular weight is 420 g/mol. The van der Waals surface area contributed by atoms with Crippen molar-refractivity contribution in [3.63, 3.8) is 0 Å². The zero-order valence-corrected chi connectivity index (χ0v) is 17.2. The summed E-state index contributed by atoms with van der Waals surface area (Å²) >= 11 is 0. The number of methoxy groups -OCH3 is 2. The molecule has 0 bridgehead atoms. The Morgan fingerprint density at radius 1 is 1.06 bits per heavy atom. The van der Waals surface area contributed by atoms with Crippen molar-refractivity contribution in [3.05, 3.63) is 66.0 Å². The van der Waals surface area contributed by atoms with Crippen LogP contribution in [-0.4, -0.2) is 52.0 Å². The van der Waals surface area contributed by atoms with Crippen LogP contribution < -0.4 is 9.64 Å². The molecule has 0 amide bonds. The van der Waals surface area contributed by atoms with Crippen LogP contribution in [0, 0.1) is 5.82 Å². The van der Waals surface area contributed by atoms with Crippen LogP contribution in [0.2, 0.25) is 0 Å².